The first-order valence-electron chi connectivity index (χ1n) is 9.24. The Morgan fingerprint density at radius 2 is 1.73 bits per heavy atom. The minimum Gasteiger partial charge on any atom is -0.382 e. The molecule has 0 saturated carbocycles. The zero-order chi connectivity index (χ0) is 20.9. The molecule has 0 unspecified atom stereocenters. The smallest absolute Gasteiger partial charge is 0.251 e. The molecule has 8 heteroatoms. The molecule has 2 aromatic heterocycles. The second-order valence-electron chi connectivity index (χ2n) is 6.54. The number of anilines is 2. The van der Waals surface area contributed by atoms with Crippen LogP contribution < -0.4 is 16.8 Å². The Balaban J connectivity index is 1.59. The van der Waals surface area contributed by atoms with Crippen LogP contribution in [0.15, 0.2) is 73.1 Å². The summed E-state index contributed by atoms with van der Waals surface area (Å²) in [7, 11) is 0. The minimum absolute atomic E-state index is 0.121. The lowest BCUT2D eigenvalue weighted by atomic mass is 10.1. The van der Waals surface area contributed by atoms with Crippen molar-refractivity contribution >= 4 is 17.7 Å². The molecule has 0 aliphatic carbocycles. The van der Waals surface area contributed by atoms with E-state index in [1.54, 1.807) is 30.5 Å². The number of amides is 1. The number of nitrogens with two attached hydrogens (primary N) is 2. The van der Waals surface area contributed by atoms with Crippen molar-refractivity contribution in [2.45, 2.75) is 6.54 Å². The largest absolute Gasteiger partial charge is 0.382 e. The lowest BCUT2D eigenvalue weighted by Gasteiger charge is -2.09. The highest BCUT2D eigenvalue weighted by molar-refractivity contribution is 5.95. The van der Waals surface area contributed by atoms with Crippen LogP contribution in [0.1, 0.15) is 15.9 Å². The van der Waals surface area contributed by atoms with Gasteiger partial charge in [0.25, 0.3) is 5.91 Å². The molecule has 0 atom stereocenters. The van der Waals surface area contributed by atoms with Crippen molar-refractivity contribution in [2.24, 2.45) is 0 Å². The maximum atomic E-state index is 12.6. The highest BCUT2D eigenvalue weighted by Gasteiger charge is 2.13. The van der Waals surface area contributed by atoms with Crippen LogP contribution in [0.5, 0.6) is 0 Å². The summed E-state index contributed by atoms with van der Waals surface area (Å²) in [5, 5.41) is 2.92. The predicted octanol–water partition coefficient (Wildman–Crippen LogP) is 2.70. The van der Waals surface area contributed by atoms with Crippen LogP contribution in [0.2, 0.25) is 0 Å². The van der Waals surface area contributed by atoms with Gasteiger partial charge in [-0.3, -0.25) is 4.79 Å². The number of carbonyl (C=O) groups excluding carboxylic acids is 1. The molecule has 2 aromatic carbocycles. The highest BCUT2D eigenvalue weighted by atomic mass is 16.1. The monoisotopic (exact) mass is 397 g/mol. The molecule has 0 aliphatic rings. The van der Waals surface area contributed by atoms with Crippen LogP contribution in [0.4, 0.5) is 11.8 Å². The van der Waals surface area contributed by atoms with E-state index in [1.807, 2.05) is 36.4 Å². The highest BCUT2D eigenvalue weighted by Crippen LogP contribution is 2.25. The molecule has 8 nitrogen and oxygen atoms in total. The second kappa shape index (κ2) is 8.36. The lowest BCUT2D eigenvalue weighted by molar-refractivity contribution is 0.0951. The standard InChI is InChI=1S/C22H19N7O/c23-20-19(17-9-10-25-22(24)29-17)28-18(13-26-20)15-7-4-8-16(11-15)21(30)27-12-14-5-2-1-3-6-14/h1-11,13H,12H2,(H2,23,26)(H,27,30)(H2,24,25,29). The Kier molecular flexibility index (Phi) is 5.29. The van der Waals surface area contributed by atoms with E-state index in [1.165, 1.54) is 6.20 Å². The first-order valence-corrected chi connectivity index (χ1v) is 9.24. The van der Waals surface area contributed by atoms with Crippen molar-refractivity contribution in [3.63, 3.8) is 0 Å². The summed E-state index contributed by atoms with van der Waals surface area (Å²) in [5.74, 6) is 0.178. The van der Waals surface area contributed by atoms with Crippen LogP contribution in [0.3, 0.4) is 0 Å². The molecule has 5 N–H and O–H groups in total. The molecular weight excluding hydrogens is 378 g/mol. The summed E-state index contributed by atoms with van der Waals surface area (Å²) in [6.45, 7) is 0.449. The molecule has 4 aromatic rings. The number of hydrogen-bond acceptors (Lipinski definition) is 7. The van der Waals surface area contributed by atoms with Gasteiger partial charge >= 0.3 is 0 Å². The number of rotatable bonds is 5. The van der Waals surface area contributed by atoms with E-state index in [9.17, 15) is 4.79 Å². The summed E-state index contributed by atoms with van der Waals surface area (Å²) < 4.78 is 0. The Morgan fingerprint density at radius 1 is 0.900 bits per heavy atom. The van der Waals surface area contributed by atoms with Gasteiger partial charge in [0.1, 0.15) is 5.69 Å². The molecule has 0 bridgehead atoms. The summed E-state index contributed by atoms with van der Waals surface area (Å²) in [6.07, 6.45) is 3.09. The van der Waals surface area contributed by atoms with Gasteiger partial charge in [0.2, 0.25) is 5.95 Å². The van der Waals surface area contributed by atoms with E-state index in [4.69, 9.17) is 11.5 Å². The number of benzene rings is 2. The average molecular weight is 397 g/mol. The summed E-state index contributed by atoms with van der Waals surface area (Å²) >= 11 is 0. The van der Waals surface area contributed by atoms with E-state index < -0.39 is 0 Å². The van der Waals surface area contributed by atoms with Gasteiger partial charge in [-0.1, -0.05) is 42.5 Å². The summed E-state index contributed by atoms with van der Waals surface area (Å²) in [6, 6.07) is 18.6. The Hall–Kier alpha value is -4.33. The fourth-order valence-corrected chi connectivity index (χ4v) is 2.93. The van der Waals surface area contributed by atoms with E-state index >= 15 is 0 Å². The number of nitrogens with one attached hydrogen (secondary N) is 1. The summed E-state index contributed by atoms with van der Waals surface area (Å²) in [4.78, 5) is 29.4. The normalized spacial score (nSPS) is 10.5. The predicted molar refractivity (Wildman–Crippen MR) is 115 cm³/mol. The molecule has 0 fully saturated rings. The van der Waals surface area contributed by atoms with E-state index in [-0.39, 0.29) is 17.7 Å². The van der Waals surface area contributed by atoms with Gasteiger partial charge in [0.15, 0.2) is 5.82 Å². The number of nitrogen functional groups attached to an aromatic ring is 2. The number of hydrogen-bond donors (Lipinski definition) is 3. The third kappa shape index (κ3) is 4.22. The second-order valence-corrected chi connectivity index (χ2v) is 6.54. The van der Waals surface area contributed by atoms with Gasteiger partial charge in [-0.05, 0) is 23.8 Å². The zero-order valence-corrected chi connectivity index (χ0v) is 16.0. The fraction of sp³-hybridized carbons (Fsp3) is 0.0455. The Labute approximate surface area is 173 Å². The number of carbonyl (C=O) groups is 1. The van der Waals surface area contributed by atoms with Gasteiger partial charge in [0, 0.05) is 23.9 Å². The molecule has 30 heavy (non-hydrogen) atoms. The van der Waals surface area contributed by atoms with Gasteiger partial charge in [-0.15, -0.1) is 0 Å². The maximum Gasteiger partial charge on any atom is 0.251 e. The van der Waals surface area contributed by atoms with Crippen LogP contribution in [-0.4, -0.2) is 25.8 Å². The maximum absolute atomic E-state index is 12.6. The van der Waals surface area contributed by atoms with Crippen LogP contribution >= 0.6 is 0 Å². The van der Waals surface area contributed by atoms with Crippen molar-refractivity contribution in [2.75, 3.05) is 11.5 Å². The average Bonchev–Trinajstić information content (AvgIpc) is 2.78. The molecule has 2 heterocycles. The lowest BCUT2D eigenvalue weighted by Crippen LogP contribution is -2.22. The van der Waals surface area contributed by atoms with Gasteiger partial charge in [-0.2, -0.15) is 0 Å². The topological polar surface area (TPSA) is 133 Å². The molecule has 1 amide bonds. The molecule has 0 radical (unpaired) electrons. The van der Waals surface area contributed by atoms with E-state index in [0.29, 0.717) is 29.2 Å². The van der Waals surface area contributed by atoms with Crippen molar-refractivity contribution in [1.82, 2.24) is 25.3 Å². The fourth-order valence-electron chi connectivity index (χ4n) is 2.93. The molecular formula is C22H19N7O. The Bertz CT molecular complexity index is 1190. The quantitative estimate of drug-likeness (QED) is 0.471. The number of nitrogens with zero attached hydrogens (tertiary/aromatic N) is 4. The molecule has 148 valence electrons. The molecule has 0 aliphatic heterocycles. The van der Waals surface area contributed by atoms with Crippen LogP contribution in [0.25, 0.3) is 22.6 Å². The third-order valence-electron chi connectivity index (χ3n) is 4.43. The van der Waals surface area contributed by atoms with Gasteiger partial charge < -0.3 is 16.8 Å². The van der Waals surface area contributed by atoms with E-state index in [2.05, 4.69) is 25.3 Å². The van der Waals surface area contributed by atoms with E-state index in [0.717, 1.165) is 11.1 Å². The minimum atomic E-state index is -0.173. The van der Waals surface area contributed by atoms with Crippen LogP contribution in [0, 0.1) is 0 Å². The molecule has 0 saturated heterocycles. The van der Waals surface area contributed by atoms with Crippen molar-refractivity contribution in [3.05, 3.63) is 84.2 Å². The summed E-state index contributed by atoms with van der Waals surface area (Å²) in [5.41, 5.74) is 15.4. The van der Waals surface area contributed by atoms with Gasteiger partial charge in [-0.25, -0.2) is 19.9 Å². The zero-order valence-electron chi connectivity index (χ0n) is 16.0. The number of aromatic nitrogens is 4. The SMILES string of the molecule is Nc1nccc(-c2nc(-c3cccc(C(=O)NCc4ccccc4)c3)cnc2N)n1. The first kappa shape index (κ1) is 19.0. The Morgan fingerprint density at radius 3 is 2.53 bits per heavy atom. The van der Waals surface area contributed by atoms with Crippen molar-refractivity contribution in [1.29, 1.82) is 0 Å². The first-order chi connectivity index (χ1) is 14.6. The third-order valence-corrected chi connectivity index (χ3v) is 4.43. The van der Waals surface area contributed by atoms with Crippen LogP contribution in [-0.2, 0) is 6.54 Å². The molecule has 4 rings (SSSR count). The van der Waals surface area contributed by atoms with Crippen molar-refractivity contribution < 1.29 is 4.79 Å². The van der Waals surface area contributed by atoms with Gasteiger partial charge in [0.05, 0.1) is 17.6 Å². The van der Waals surface area contributed by atoms with Crippen molar-refractivity contribution in [3.8, 4) is 22.6 Å². The molecule has 0 spiro atoms.